The summed E-state index contributed by atoms with van der Waals surface area (Å²) in [6, 6.07) is 12.3. The highest BCUT2D eigenvalue weighted by molar-refractivity contribution is 5.87. The normalized spacial score (nSPS) is 22.8. The molecule has 6 nitrogen and oxygen atoms in total. The van der Waals surface area contributed by atoms with Crippen molar-refractivity contribution in [2.75, 3.05) is 32.8 Å². The minimum atomic E-state index is -0.603. The van der Waals surface area contributed by atoms with E-state index in [1.54, 1.807) is 6.20 Å². The van der Waals surface area contributed by atoms with Gasteiger partial charge in [0.15, 0.2) is 0 Å². The minimum Gasteiger partial charge on any atom is -0.368 e. The maximum Gasteiger partial charge on any atom is 0.251 e. The molecule has 2 aliphatic rings. The average Bonchev–Trinajstić information content (AvgIpc) is 3.52. The number of rotatable bonds is 7. The molecule has 0 radical (unpaired) electrons. The third-order valence-electron chi connectivity index (χ3n) is 6.84. The molecule has 2 amide bonds. The number of nitrogens with zero attached hydrogens (tertiary/aromatic N) is 3. The Hall–Kier alpha value is -2.73. The molecular weight excluding hydrogens is 402 g/mol. The van der Waals surface area contributed by atoms with Crippen LogP contribution in [-0.4, -0.2) is 65.5 Å². The standard InChI is InChI=1S/C26H33N3O3/c1-3-28(4-2)25(31)26(12-14-29(19-26)24(30)23-11-7-15-32-23)17-20-8-5-9-21(16-20)22-10-6-13-27-18-22/h5-6,8-10,13,16,18,23H,3-4,7,11-12,14-15,17,19H2,1-2H3/t23-,26+/m1/s1. The third-order valence-corrected chi connectivity index (χ3v) is 6.84. The second-order valence-corrected chi connectivity index (χ2v) is 8.89. The Morgan fingerprint density at radius 2 is 2.00 bits per heavy atom. The second-order valence-electron chi connectivity index (χ2n) is 8.89. The second kappa shape index (κ2) is 9.82. The van der Waals surface area contributed by atoms with Crippen molar-refractivity contribution in [3.05, 3.63) is 54.4 Å². The number of hydrogen-bond donors (Lipinski definition) is 0. The predicted molar refractivity (Wildman–Crippen MR) is 124 cm³/mol. The molecule has 2 atom stereocenters. The summed E-state index contributed by atoms with van der Waals surface area (Å²) in [5.41, 5.74) is 2.65. The lowest BCUT2D eigenvalue weighted by molar-refractivity contribution is -0.144. The van der Waals surface area contributed by atoms with Crippen LogP contribution in [0.25, 0.3) is 11.1 Å². The fraction of sp³-hybridized carbons (Fsp3) is 0.500. The number of pyridine rings is 1. The Morgan fingerprint density at radius 1 is 1.19 bits per heavy atom. The van der Waals surface area contributed by atoms with Crippen LogP contribution >= 0.6 is 0 Å². The molecule has 1 aromatic carbocycles. The van der Waals surface area contributed by atoms with Gasteiger partial charge in [0.05, 0.1) is 5.41 Å². The van der Waals surface area contributed by atoms with Crippen LogP contribution in [0.5, 0.6) is 0 Å². The lowest BCUT2D eigenvalue weighted by atomic mass is 9.79. The molecule has 3 heterocycles. The summed E-state index contributed by atoms with van der Waals surface area (Å²) >= 11 is 0. The molecular formula is C26H33N3O3. The zero-order valence-corrected chi connectivity index (χ0v) is 19.1. The summed E-state index contributed by atoms with van der Waals surface area (Å²) in [5.74, 6) is 0.192. The zero-order chi connectivity index (χ0) is 22.6. The van der Waals surface area contributed by atoms with Gasteiger partial charge < -0.3 is 14.5 Å². The van der Waals surface area contributed by atoms with Crippen molar-refractivity contribution in [1.82, 2.24) is 14.8 Å². The summed E-state index contributed by atoms with van der Waals surface area (Å²) in [5, 5.41) is 0. The van der Waals surface area contributed by atoms with E-state index in [-0.39, 0.29) is 17.9 Å². The van der Waals surface area contributed by atoms with Crippen LogP contribution in [0.1, 0.15) is 38.7 Å². The number of likely N-dealkylation sites (tertiary alicyclic amines) is 1. The first-order valence-corrected chi connectivity index (χ1v) is 11.8. The quantitative estimate of drug-likeness (QED) is 0.667. The van der Waals surface area contributed by atoms with Crippen LogP contribution in [0.15, 0.2) is 48.8 Å². The molecule has 1 aromatic heterocycles. The maximum absolute atomic E-state index is 13.7. The van der Waals surface area contributed by atoms with Gasteiger partial charge in [0.25, 0.3) is 5.91 Å². The highest BCUT2D eigenvalue weighted by Crippen LogP contribution is 2.38. The Bertz CT molecular complexity index is 938. The highest BCUT2D eigenvalue weighted by atomic mass is 16.5. The number of aromatic nitrogens is 1. The van der Waals surface area contributed by atoms with E-state index in [2.05, 4.69) is 23.2 Å². The van der Waals surface area contributed by atoms with Crippen molar-refractivity contribution in [3.8, 4) is 11.1 Å². The summed E-state index contributed by atoms with van der Waals surface area (Å²) in [4.78, 5) is 34.8. The van der Waals surface area contributed by atoms with E-state index in [0.29, 0.717) is 45.6 Å². The first-order valence-electron chi connectivity index (χ1n) is 11.8. The monoisotopic (exact) mass is 435 g/mol. The molecule has 0 saturated carbocycles. The van der Waals surface area contributed by atoms with E-state index in [4.69, 9.17) is 4.74 Å². The largest absolute Gasteiger partial charge is 0.368 e. The highest BCUT2D eigenvalue weighted by Gasteiger charge is 2.48. The van der Waals surface area contributed by atoms with E-state index in [9.17, 15) is 9.59 Å². The van der Waals surface area contributed by atoms with E-state index in [1.807, 2.05) is 48.0 Å². The number of carbonyl (C=O) groups excluding carboxylic acids is 2. The van der Waals surface area contributed by atoms with Crippen LogP contribution in [0, 0.1) is 5.41 Å². The van der Waals surface area contributed by atoms with Gasteiger partial charge in [-0.2, -0.15) is 0 Å². The van der Waals surface area contributed by atoms with Gasteiger partial charge in [-0.15, -0.1) is 0 Å². The lowest BCUT2D eigenvalue weighted by Gasteiger charge is -2.34. The molecule has 6 heteroatoms. The van der Waals surface area contributed by atoms with Gasteiger partial charge in [0.2, 0.25) is 5.91 Å². The van der Waals surface area contributed by atoms with Crippen LogP contribution in [-0.2, 0) is 20.7 Å². The van der Waals surface area contributed by atoms with Crippen molar-refractivity contribution in [2.24, 2.45) is 5.41 Å². The Morgan fingerprint density at radius 3 is 2.69 bits per heavy atom. The van der Waals surface area contributed by atoms with Crippen molar-refractivity contribution in [1.29, 1.82) is 0 Å². The van der Waals surface area contributed by atoms with Crippen LogP contribution in [0.4, 0.5) is 0 Å². The third kappa shape index (κ3) is 4.56. The Labute approximate surface area is 190 Å². The van der Waals surface area contributed by atoms with Gasteiger partial charge in [-0.25, -0.2) is 0 Å². The van der Waals surface area contributed by atoms with Gasteiger partial charge in [-0.1, -0.05) is 30.3 Å². The molecule has 170 valence electrons. The van der Waals surface area contributed by atoms with Crippen molar-refractivity contribution < 1.29 is 14.3 Å². The summed E-state index contributed by atoms with van der Waals surface area (Å²) in [6.07, 6.45) is 6.28. The van der Waals surface area contributed by atoms with Gasteiger partial charge >= 0.3 is 0 Å². The molecule has 32 heavy (non-hydrogen) atoms. The van der Waals surface area contributed by atoms with Crippen LogP contribution in [0.2, 0.25) is 0 Å². The Kier molecular flexibility index (Phi) is 6.89. The molecule has 0 bridgehead atoms. The van der Waals surface area contributed by atoms with Crippen molar-refractivity contribution >= 4 is 11.8 Å². The maximum atomic E-state index is 13.7. The Balaban J connectivity index is 1.61. The zero-order valence-electron chi connectivity index (χ0n) is 19.1. The molecule has 4 rings (SSSR count). The number of carbonyl (C=O) groups is 2. The predicted octanol–water partition coefficient (Wildman–Crippen LogP) is 3.56. The van der Waals surface area contributed by atoms with Crippen LogP contribution < -0.4 is 0 Å². The number of benzene rings is 1. The number of amides is 2. The topological polar surface area (TPSA) is 62.7 Å². The summed E-state index contributed by atoms with van der Waals surface area (Å²) < 4.78 is 5.64. The summed E-state index contributed by atoms with van der Waals surface area (Å²) in [6.45, 7) is 7.09. The molecule has 2 saturated heterocycles. The molecule has 0 aliphatic carbocycles. The molecule has 0 unspecified atom stereocenters. The lowest BCUT2D eigenvalue weighted by Crippen LogP contribution is -2.48. The average molecular weight is 436 g/mol. The SMILES string of the molecule is CCN(CC)C(=O)[C@]1(Cc2cccc(-c3cccnc3)c2)CCN(C(=O)[C@H]2CCCO2)C1. The minimum absolute atomic E-state index is 0.0424. The molecule has 0 spiro atoms. The first kappa shape index (κ1) is 22.5. The van der Waals surface area contributed by atoms with Crippen LogP contribution in [0.3, 0.4) is 0 Å². The summed E-state index contributed by atoms with van der Waals surface area (Å²) in [7, 11) is 0. The van der Waals surface area contributed by atoms with E-state index in [0.717, 1.165) is 29.5 Å². The molecule has 2 aromatic rings. The van der Waals surface area contributed by atoms with Gasteiger partial charge in [-0.3, -0.25) is 14.6 Å². The van der Waals surface area contributed by atoms with Crippen molar-refractivity contribution in [2.45, 2.75) is 45.6 Å². The van der Waals surface area contributed by atoms with E-state index >= 15 is 0 Å². The van der Waals surface area contributed by atoms with Gasteiger partial charge in [-0.05, 0) is 62.3 Å². The first-order chi connectivity index (χ1) is 15.6. The fourth-order valence-corrected chi connectivity index (χ4v) is 5.06. The fourth-order valence-electron chi connectivity index (χ4n) is 5.06. The molecule has 2 fully saturated rings. The molecule has 2 aliphatic heterocycles. The number of ether oxygens (including phenoxy) is 1. The van der Waals surface area contributed by atoms with Crippen molar-refractivity contribution in [3.63, 3.8) is 0 Å². The van der Waals surface area contributed by atoms with Gasteiger partial charge in [0.1, 0.15) is 6.10 Å². The van der Waals surface area contributed by atoms with E-state index in [1.165, 1.54) is 0 Å². The molecule has 0 N–H and O–H groups in total. The van der Waals surface area contributed by atoms with Gasteiger partial charge in [0, 0.05) is 45.2 Å². The van der Waals surface area contributed by atoms with E-state index < -0.39 is 5.41 Å². The smallest absolute Gasteiger partial charge is 0.251 e. The number of hydrogen-bond acceptors (Lipinski definition) is 4.